The van der Waals surface area contributed by atoms with Crippen molar-refractivity contribution in [1.82, 2.24) is 9.88 Å². The average Bonchev–Trinajstić information content (AvgIpc) is 3.07. The molecule has 0 aliphatic carbocycles. The third-order valence-electron chi connectivity index (χ3n) is 4.56. The van der Waals surface area contributed by atoms with E-state index < -0.39 is 0 Å². The van der Waals surface area contributed by atoms with E-state index in [1.54, 1.807) is 12.3 Å². The minimum atomic E-state index is -0.0951. The van der Waals surface area contributed by atoms with E-state index in [0.717, 1.165) is 28.2 Å². The molecular formula is C20H18N2O3. The second-order valence-corrected chi connectivity index (χ2v) is 6.31. The molecule has 3 aromatic rings. The van der Waals surface area contributed by atoms with E-state index in [-0.39, 0.29) is 11.5 Å². The van der Waals surface area contributed by atoms with Crippen LogP contribution < -0.4 is 5.56 Å². The summed E-state index contributed by atoms with van der Waals surface area (Å²) >= 11 is 0. The second kappa shape index (κ2) is 6.09. The first-order chi connectivity index (χ1) is 12.1. The number of benzene rings is 1. The van der Waals surface area contributed by atoms with Crippen LogP contribution in [-0.4, -0.2) is 22.3 Å². The molecule has 1 amide bonds. The zero-order valence-electron chi connectivity index (χ0n) is 13.9. The Morgan fingerprint density at radius 2 is 1.92 bits per heavy atom. The lowest BCUT2D eigenvalue weighted by atomic mass is 10.0. The van der Waals surface area contributed by atoms with E-state index in [1.165, 1.54) is 0 Å². The first-order valence-electron chi connectivity index (χ1n) is 8.27. The molecule has 126 valence electrons. The zero-order valence-corrected chi connectivity index (χ0v) is 13.9. The number of carbonyl (C=O) groups is 1. The third-order valence-corrected chi connectivity index (χ3v) is 4.56. The number of nitrogens with one attached hydrogen (secondary N) is 1. The second-order valence-electron chi connectivity index (χ2n) is 6.31. The van der Waals surface area contributed by atoms with Gasteiger partial charge in [-0.3, -0.25) is 9.59 Å². The van der Waals surface area contributed by atoms with Crippen LogP contribution in [0.1, 0.15) is 27.2 Å². The van der Waals surface area contributed by atoms with Crippen LogP contribution in [0.5, 0.6) is 0 Å². The number of carbonyl (C=O) groups excluding carboxylic acids is 1. The van der Waals surface area contributed by atoms with Crippen molar-refractivity contribution in [3.63, 3.8) is 0 Å². The van der Waals surface area contributed by atoms with Gasteiger partial charge in [0.15, 0.2) is 0 Å². The fraction of sp³-hybridized carbons (Fsp3) is 0.200. The van der Waals surface area contributed by atoms with Gasteiger partial charge in [-0.15, -0.1) is 0 Å². The number of amides is 1. The lowest BCUT2D eigenvalue weighted by Gasteiger charge is -2.28. The van der Waals surface area contributed by atoms with E-state index in [4.69, 9.17) is 4.42 Å². The van der Waals surface area contributed by atoms with E-state index in [0.29, 0.717) is 25.1 Å². The van der Waals surface area contributed by atoms with Crippen molar-refractivity contribution < 1.29 is 9.21 Å². The van der Waals surface area contributed by atoms with Crippen molar-refractivity contribution in [2.75, 3.05) is 6.54 Å². The van der Waals surface area contributed by atoms with Crippen molar-refractivity contribution in [2.24, 2.45) is 0 Å². The predicted octanol–water partition coefficient (Wildman–Crippen LogP) is 3.14. The highest BCUT2D eigenvalue weighted by Gasteiger charge is 2.22. The number of rotatable bonds is 2. The Kier molecular flexibility index (Phi) is 3.76. The number of pyridine rings is 1. The summed E-state index contributed by atoms with van der Waals surface area (Å²) in [5.74, 6) is 1.66. The average molecular weight is 334 g/mol. The molecule has 1 aromatic carbocycles. The third kappa shape index (κ3) is 3.01. The molecule has 25 heavy (non-hydrogen) atoms. The van der Waals surface area contributed by atoms with Crippen LogP contribution in [0.3, 0.4) is 0 Å². The number of nitrogens with zero attached hydrogens (tertiary/aromatic N) is 1. The lowest BCUT2D eigenvalue weighted by Crippen LogP contribution is -2.36. The van der Waals surface area contributed by atoms with Crippen molar-refractivity contribution in [1.29, 1.82) is 0 Å². The number of furan rings is 1. The SMILES string of the molecule is Cc1ccc(-c2ccc(C(=O)N3CCc4cc(=O)[nH]cc4C3)cc2)o1. The van der Waals surface area contributed by atoms with Gasteiger partial charge in [-0.05, 0) is 48.7 Å². The molecule has 0 fully saturated rings. The van der Waals surface area contributed by atoms with Crippen LogP contribution in [0, 0.1) is 6.92 Å². The summed E-state index contributed by atoms with van der Waals surface area (Å²) in [6.07, 6.45) is 2.41. The number of aromatic amines is 1. The molecule has 5 heteroatoms. The highest BCUT2D eigenvalue weighted by Crippen LogP contribution is 2.23. The number of aromatic nitrogens is 1. The van der Waals surface area contributed by atoms with Crippen molar-refractivity contribution in [3.8, 4) is 11.3 Å². The monoisotopic (exact) mass is 334 g/mol. The molecule has 0 unspecified atom stereocenters. The van der Waals surface area contributed by atoms with E-state index in [1.807, 2.05) is 48.2 Å². The fourth-order valence-electron chi connectivity index (χ4n) is 3.19. The number of aryl methyl sites for hydroxylation is 1. The predicted molar refractivity (Wildman–Crippen MR) is 94.4 cm³/mol. The van der Waals surface area contributed by atoms with Gasteiger partial charge >= 0.3 is 0 Å². The van der Waals surface area contributed by atoms with Crippen LogP contribution in [0.25, 0.3) is 11.3 Å². The van der Waals surface area contributed by atoms with Crippen molar-refractivity contribution >= 4 is 5.91 Å². The minimum absolute atomic E-state index is 0.000902. The van der Waals surface area contributed by atoms with Gasteiger partial charge in [0.25, 0.3) is 5.91 Å². The first-order valence-corrected chi connectivity index (χ1v) is 8.27. The van der Waals surface area contributed by atoms with Crippen molar-refractivity contribution in [2.45, 2.75) is 19.9 Å². The van der Waals surface area contributed by atoms with Gasteiger partial charge in [-0.1, -0.05) is 12.1 Å². The summed E-state index contributed by atoms with van der Waals surface area (Å²) in [5.41, 5.74) is 3.53. The van der Waals surface area contributed by atoms with Gasteiger partial charge in [-0.25, -0.2) is 0 Å². The van der Waals surface area contributed by atoms with Gasteiger partial charge < -0.3 is 14.3 Å². The standard InChI is InChI=1S/C20H18N2O3/c1-13-2-7-18(25-13)14-3-5-15(6-4-14)20(24)22-9-8-16-10-19(23)21-11-17(16)12-22/h2-7,10-11H,8-9,12H2,1H3,(H,21,23). The topological polar surface area (TPSA) is 66.3 Å². The molecule has 4 rings (SSSR count). The smallest absolute Gasteiger partial charge is 0.254 e. The minimum Gasteiger partial charge on any atom is -0.461 e. The summed E-state index contributed by atoms with van der Waals surface area (Å²) in [4.78, 5) is 28.6. The quantitative estimate of drug-likeness (QED) is 0.783. The molecule has 0 atom stereocenters. The van der Waals surface area contributed by atoms with E-state index in [9.17, 15) is 9.59 Å². The van der Waals surface area contributed by atoms with E-state index in [2.05, 4.69) is 4.98 Å². The zero-order chi connectivity index (χ0) is 17.4. The Bertz CT molecular complexity index is 983. The highest BCUT2D eigenvalue weighted by atomic mass is 16.3. The number of H-pyrrole nitrogens is 1. The van der Waals surface area contributed by atoms with Crippen molar-refractivity contribution in [3.05, 3.63) is 81.5 Å². The Hall–Kier alpha value is -3.08. The molecule has 0 radical (unpaired) electrons. The van der Waals surface area contributed by atoms with Crippen LogP contribution in [0.2, 0.25) is 0 Å². The molecule has 1 N–H and O–H groups in total. The van der Waals surface area contributed by atoms with Crippen LogP contribution in [-0.2, 0) is 13.0 Å². The van der Waals surface area contributed by atoms with Gasteiger partial charge in [0.2, 0.25) is 5.56 Å². The molecular weight excluding hydrogens is 316 g/mol. The number of hydrogen-bond acceptors (Lipinski definition) is 3. The Balaban J connectivity index is 1.53. The molecule has 5 nitrogen and oxygen atoms in total. The summed E-state index contributed by atoms with van der Waals surface area (Å²) in [5, 5.41) is 0. The van der Waals surface area contributed by atoms with Crippen LogP contribution in [0.4, 0.5) is 0 Å². The summed E-state index contributed by atoms with van der Waals surface area (Å²) in [6.45, 7) is 3.04. The normalized spacial score (nSPS) is 13.6. The molecule has 1 aliphatic heterocycles. The van der Waals surface area contributed by atoms with Gasteiger partial charge in [0, 0.05) is 36.5 Å². The van der Waals surface area contributed by atoms with Gasteiger partial charge in [0.1, 0.15) is 11.5 Å². The Labute approximate surface area is 144 Å². The Morgan fingerprint density at radius 1 is 1.12 bits per heavy atom. The molecule has 0 saturated heterocycles. The first kappa shape index (κ1) is 15.4. The Morgan fingerprint density at radius 3 is 2.64 bits per heavy atom. The number of hydrogen-bond donors (Lipinski definition) is 1. The molecule has 2 aromatic heterocycles. The maximum atomic E-state index is 12.8. The van der Waals surface area contributed by atoms with Crippen LogP contribution in [0.15, 0.2) is 57.9 Å². The molecule has 0 spiro atoms. The lowest BCUT2D eigenvalue weighted by molar-refractivity contribution is 0.0734. The van der Waals surface area contributed by atoms with Gasteiger partial charge in [-0.2, -0.15) is 0 Å². The molecule has 1 aliphatic rings. The molecule has 0 saturated carbocycles. The molecule has 0 bridgehead atoms. The highest BCUT2D eigenvalue weighted by molar-refractivity contribution is 5.94. The summed E-state index contributed by atoms with van der Waals surface area (Å²) in [6, 6.07) is 12.9. The number of fused-ring (bicyclic) bond motifs is 1. The summed E-state index contributed by atoms with van der Waals surface area (Å²) < 4.78 is 5.61. The van der Waals surface area contributed by atoms with E-state index >= 15 is 0 Å². The maximum Gasteiger partial charge on any atom is 0.254 e. The summed E-state index contributed by atoms with van der Waals surface area (Å²) in [7, 11) is 0. The maximum absolute atomic E-state index is 12.8. The van der Waals surface area contributed by atoms with Crippen LogP contribution >= 0.6 is 0 Å². The largest absolute Gasteiger partial charge is 0.461 e. The fourth-order valence-corrected chi connectivity index (χ4v) is 3.19. The van der Waals surface area contributed by atoms with Gasteiger partial charge in [0.05, 0.1) is 0 Å². The molecule has 3 heterocycles.